The minimum atomic E-state index is -0.625. The molecule has 1 aliphatic heterocycles. The topological polar surface area (TPSA) is 78.5 Å². The lowest BCUT2D eigenvalue weighted by atomic mass is 10.0. The van der Waals surface area contributed by atoms with Crippen LogP contribution in [0.2, 0.25) is 0 Å². The molecule has 1 heterocycles. The normalized spacial score (nSPS) is 14.7. The highest BCUT2D eigenvalue weighted by atomic mass is 16.2. The molecule has 0 aromatic heterocycles. The van der Waals surface area contributed by atoms with E-state index < -0.39 is 6.04 Å². The molecule has 3 rings (SSSR count). The SMILES string of the molecule is Cc1cccc(C(=O)NC(C(=O)NCc2ccc(N3CCCC3=O)cc2)C(C)C)c1. The molecule has 2 N–H and O–H groups in total. The molecule has 1 fully saturated rings. The standard InChI is InChI=1S/C24H29N3O3/c1-16(2)22(26-23(29)19-7-4-6-17(3)14-19)24(30)25-15-18-9-11-20(12-10-18)27-13-5-8-21(27)28/h4,6-7,9-12,14,16,22H,5,8,13,15H2,1-3H3,(H,25,30)(H,26,29). The molecule has 1 saturated heterocycles. The van der Waals surface area contributed by atoms with Gasteiger partial charge in [0.05, 0.1) is 0 Å². The van der Waals surface area contributed by atoms with Gasteiger partial charge in [-0.05, 0) is 49.1 Å². The number of anilines is 1. The Morgan fingerprint density at radius 1 is 1.10 bits per heavy atom. The van der Waals surface area contributed by atoms with Crippen molar-refractivity contribution >= 4 is 23.4 Å². The van der Waals surface area contributed by atoms with Crippen LogP contribution in [0.25, 0.3) is 0 Å². The number of hydrogen-bond donors (Lipinski definition) is 2. The molecular weight excluding hydrogens is 378 g/mol. The minimum absolute atomic E-state index is 0.0534. The Balaban J connectivity index is 1.58. The van der Waals surface area contributed by atoms with Crippen molar-refractivity contribution in [1.29, 1.82) is 0 Å². The summed E-state index contributed by atoms with van der Waals surface area (Å²) in [5.41, 5.74) is 3.36. The Morgan fingerprint density at radius 3 is 2.43 bits per heavy atom. The van der Waals surface area contributed by atoms with E-state index in [-0.39, 0.29) is 23.6 Å². The molecule has 1 atom stereocenters. The molecule has 1 unspecified atom stereocenters. The minimum Gasteiger partial charge on any atom is -0.350 e. The van der Waals surface area contributed by atoms with E-state index in [0.717, 1.165) is 29.8 Å². The number of carbonyl (C=O) groups is 3. The molecule has 1 aliphatic rings. The first-order valence-electron chi connectivity index (χ1n) is 10.4. The summed E-state index contributed by atoms with van der Waals surface area (Å²) in [4.78, 5) is 38.9. The van der Waals surface area contributed by atoms with Gasteiger partial charge in [0, 0.05) is 30.8 Å². The molecule has 6 nitrogen and oxygen atoms in total. The van der Waals surface area contributed by atoms with Gasteiger partial charge in [0.25, 0.3) is 5.91 Å². The van der Waals surface area contributed by atoms with E-state index in [9.17, 15) is 14.4 Å². The molecule has 0 bridgehead atoms. The van der Waals surface area contributed by atoms with Crippen LogP contribution >= 0.6 is 0 Å². The number of amides is 3. The average Bonchev–Trinajstić information content (AvgIpc) is 3.16. The molecule has 0 saturated carbocycles. The molecule has 158 valence electrons. The maximum atomic E-state index is 12.7. The van der Waals surface area contributed by atoms with E-state index >= 15 is 0 Å². The summed E-state index contributed by atoms with van der Waals surface area (Å²) in [6, 6.07) is 14.3. The lowest BCUT2D eigenvalue weighted by molar-refractivity contribution is -0.124. The van der Waals surface area contributed by atoms with Crippen molar-refractivity contribution in [3.8, 4) is 0 Å². The third-order valence-corrected chi connectivity index (χ3v) is 5.30. The van der Waals surface area contributed by atoms with Gasteiger partial charge in [0.2, 0.25) is 11.8 Å². The van der Waals surface area contributed by atoms with Crippen molar-refractivity contribution in [2.75, 3.05) is 11.4 Å². The number of nitrogens with zero attached hydrogens (tertiary/aromatic N) is 1. The number of rotatable bonds is 7. The molecule has 2 aromatic rings. The number of hydrogen-bond acceptors (Lipinski definition) is 3. The zero-order valence-electron chi connectivity index (χ0n) is 17.8. The average molecular weight is 408 g/mol. The smallest absolute Gasteiger partial charge is 0.251 e. The van der Waals surface area contributed by atoms with Crippen LogP contribution in [-0.4, -0.2) is 30.3 Å². The van der Waals surface area contributed by atoms with Gasteiger partial charge >= 0.3 is 0 Å². The zero-order valence-corrected chi connectivity index (χ0v) is 17.8. The van der Waals surface area contributed by atoms with E-state index in [4.69, 9.17) is 0 Å². The quantitative estimate of drug-likeness (QED) is 0.740. The Bertz CT molecular complexity index is 922. The van der Waals surface area contributed by atoms with Crippen LogP contribution in [0.15, 0.2) is 48.5 Å². The van der Waals surface area contributed by atoms with Gasteiger partial charge in [-0.2, -0.15) is 0 Å². The molecular formula is C24H29N3O3. The molecule has 0 aliphatic carbocycles. The van der Waals surface area contributed by atoms with Gasteiger partial charge in [-0.1, -0.05) is 43.7 Å². The number of benzene rings is 2. The van der Waals surface area contributed by atoms with Gasteiger partial charge in [-0.25, -0.2) is 0 Å². The predicted molar refractivity (Wildman–Crippen MR) is 117 cm³/mol. The third kappa shape index (κ3) is 5.26. The first-order chi connectivity index (χ1) is 14.3. The number of carbonyl (C=O) groups excluding carboxylic acids is 3. The fourth-order valence-corrected chi connectivity index (χ4v) is 3.56. The second-order valence-corrected chi connectivity index (χ2v) is 8.10. The first-order valence-corrected chi connectivity index (χ1v) is 10.4. The van der Waals surface area contributed by atoms with Gasteiger partial charge in [-0.15, -0.1) is 0 Å². The van der Waals surface area contributed by atoms with Crippen LogP contribution in [0.3, 0.4) is 0 Å². The fraction of sp³-hybridized carbons (Fsp3) is 0.375. The van der Waals surface area contributed by atoms with Gasteiger partial charge in [0.15, 0.2) is 0 Å². The summed E-state index contributed by atoms with van der Waals surface area (Å²) in [5, 5.41) is 5.76. The van der Waals surface area contributed by atoms with Crippen LogP contribution in [-0.2, 0) is 16.1 Å². The summed E-state index contributed by atoms with van der Waals surface area (Å²) in [6.07, 6.45) is 1.49. The summed E-state index contributed by atoms with van der Waals surface area (Å²) >= 11 is 0. The maximum Gasteiger partial charge on any atom is 0.251 e. The monoisotopic (exact) mass is 407 g/mol. The van der Waals surface area contributed by atoms with Crippen LogP contribution < -0.4 is 15.5 Å². The molecule has 2 aromatic carbocycles. The van der Waals surface area contributed by atoms with Gasteiger partial charge in [-0.3, -0.25) is 14.4 Å². The van der Waals surface area contributed by atoms with Gasteiger partial charge < -0.3 is 15.5 Å². The van der Waals surface area contributed by atoms with Crippen molar-refractivity contribution in [2.24, 2.45) is 5.92 Å². The Labute approximate surface area is 177 Å². The number of aryl methyl sites for hydroxylation is 1. The summed E-state index contributed by atoms with van der Waals surface area (Å²) in [5.74, 6) is -0.375. The second-order valence-electron chi connectivity index (χ2n) is 8.10. The Hall–Kier alpha value is -3.15. The Morgan fingerprint density at radius 2 is 1.83 bits per heavy atom. The molecule has 0 radical (unpaired) electrons. The largest absolute Gasteiger partial charge is 0.350 e. The van der Waals surface area contributed by atoms with Crippen LogP contribution in [0.5, 0.6) is 0 Å². The van der Waals surface area contributed by atoms with E-state index in [1.165, 1.54) is 0 Å². The predicted octanol–water partition coefficient (Wildman–Crippen LogP) is 3.19. The van der Waals surface area contributed by atoms with Crippen molar-refractivity contribution < 1.29 is 14.4 Å². The van der Waals surface area contributed by atoms with Crippen LogP contribution in [0, 0.1) is 12.8 Å². The van der Waals surface area contributed by atoms with E-state index in [1.54, 1.807) is 17.0 Å². The fourth-order valence-electron chi connectivity index (χ4n) is 3.56. The van der Waals surface area contributed by atoms with Gasteiger partial charge in [0.1, 0.15) is 6.04 Å². The van der Waals surface area contributed by atoms with E-state index in [1.807, 2.05) is 57.2 Å². The van der Waals surface area contributed by atoms with Crippen molar-refractivity contribution in [1.82, 2.24) is 10.6 Å². The highest BCUT2D eigenvalue weighted by Gasteiger charge is 2.25. The van der Waals surface area contributed by atoms with Crippen molar-refractivity contribution in [3.63, 3.8) is 0 Å². The summed E-state index contributed by atoms with van der Waals surface area (Å²) in [6.45, 7) is 6.85. The van der Waals surface area contributed by atoms with E-state index in [2.05, 4.69) is 10.6 Å². The molecule has 6 heteroatoms. The highest BCUT2D eigenvalue weighted by Crippen LogP contribution is 2.21. The molecule has 3 amide bonds. The Kier molecular flexibility index (Phi) is 6.87. The maximum absolute atomic E-state index is 12.7. The molecule has 30 heavy (non-hydrogen) atoms. The highest BCUT2D eigenvalue weighted by molar-refractivity contribution is 5.98. The molecule has 0 spiro atoms. The second kappa shape index (κ2) is 9.57. The number of nitrogens with one attached hydrogen (secondary N) is 2. The van der Waals surface area contributed by atoms with Crippen molar-refractivity contribution in [2.45, 2.75) is 46.2 Å². The lowest BCUT2D eigenvalue weighted by Crippen LogP contribution is -2.49. The lowest BCUT2D eigenvalue weighted by Gasteiger charge is -2.22. The first kappa shape index (κ1) is 21.6. The van der Waals surface area contributed by atoms with E-state index in [0.29, 0.717) is 18.5 Å². The van der Waals surface area contributed by atoms with Crippen LogP contribution in [0.4, 0.5) is 5.69 Å². The van der Waals surface area contributed by atoms with Crippen LogP contribution in [0.1, 0.15) is 48.2 Å². The summed E-state index contributed by atoms with van der Waals surface area (Å²) in [7, 11) is 0. The summed E-state index contributed by atoms with van der Waals surface area (Å²) < 4.78 is 0. The zero-order chi connectivity index (χ0) is 21.7. The van der Waals surface area contributed by atoms with Crippen molar-refractivity contribution in [3.05, 3.63) is 65.2 Å². The third-order valence-electron chi connectivity index (χ3n) is 5.30.